The van der Waals surface area contributed by atoms with E-state index >= 15 is 0 Å². The molecule has 31 heavy (non-hydrogen) atoms. The molecule has 0 N–H and O–H groups in total. The Bertz CT molecular complexity index is 854. The summed E-state index contributed by atoms with van der Waals surface area (Å²) in [5.74, 6) is 3.56. The molecule has 0 radical (unpaired) electrons. The Hall–Kier alpha value is -1.57. The highest BCUT2D eigenvalue weighted by molar-refractivity contribution is 5.68. The summed E-state index contributed by atoms with van der Waals surface area (Å²) in [7, 11) is 0. The van der Waals surface area contributed by atoms with E-state index in [-0.39, 0.29) is 11.4 Å². The maximum absolute atomic E-state index is 11.4. The van der Waals surface area contributed by atoms with Crippen LogP contribution in [0, 0.1) is 34.5 Å². The van der Waals surface area contributed by atoms with Gasteiger partial charge < -0.3 is 4.74 Å². The maximum Gasteiger partial charge on any atom is 0.308 e. The molecule has 0 aromatic carbocycles. The second kappa shape index (κ2) is 8.41. The number of ether oxygens (including phenoxy) is 1. The van der Waals surface area contributed by atoms with Gasteiger partial charge in [-0.05, 0) is 84.5 Å². The molecule has 0 heterocycles. The Balaban J connectivity index is 1.59. The van der Waals surface area contributed by atoms with Gasteiger partial charge in [0.25, 0.3) is 0 Å². The van der Waals surface area contributed by atoms with Gasteiger partial charge in [0.2, 0.25) is 0 Å². The molecular weight excluding hydrogens is 380 g/mol. The van der Waals surface area contributed by atoms with E-state index in [0.29, 0.717) is 11.3 Å². The quantitative estimate of drug-likeness (QED) is 0.406. The first kappa shape index (κ1) is 22.6. The fourth-order valence-corrected chi connectivity index (χ4v) is 7.39. The van der Waals surface area contributed by atoms with Gasteiger partial charge in [0.1, 0.15) is 5.76 Å². The number of hydrogen-bond donors (Lipinski definition) is 0. The second-order valence-electron chi connectivity index (χ2n) is 11.6. The van der Waals surface area contributed by atoms with Crippen LogP contribution in [-0.2, 0) is 9.53 Å². The Kier molecular flexibility index (Phi) is 6.14. The molecule has 1 unspecified atom stereocenters. The van der Waals surface area contributed by atoms with E-state index in [1.165, 1.54) is 57.4 Å². The minimum absolute atomic E-state index is 0.128. The van der Waals surface area contributed by atoms with E-state index in [2.05, 4.69) is 58.9 Å². The van der Waals surface area contributed by atoms with E-state index in [0.717, 1.165) is 29.9 Å². The van der Waals surface area contributed by atoms with Crippen LogP contribution >= 0.6 is 0 Å². The number of carbonyl (C=O) groups excluding carboxylic acids is 1. The van der Waals surface area contributed by atoms with Gasteiger partial charge >= 0.3 is 5.97 Å². The lowest BCUT2D eigenvalue weighted by atomic mass is 9.54. The van der Waals surface area contributed by atoms with E-state index in [1.807, 2.05) is 0 Å². The topological polar surface area (TPSA) is 26.3 Å². The van der Waals surface area contributed by atoms with Gasteiger partial charge in [-0.2, -0.15) is 0 Å². The first-order valence-electron chi connectivity index (χ1n) is 12.7. The zero-order chi connectivity index (χ0) is 22.4. The highest BCUT2D eigenvalue weighted by Crippen LogP contribution is 2.63. The SMILES string of the molecule is CC(=O)OC1=CC[C@@]2(C)C(=C1)C=CC1=C3CC[C@H]([C@H](C)CCCC(C)C)[C@@]3(C)CCC12. The predicted octanol–water partition coefficient (Wildman–Crippen LogP) is 7.92. The van der Waals surface area contributed by atoms with Gasteiger partial charge in [0, 0.05) is 12.3 Å². The summed E-state index contributed by atoms with van der Waals surface area (Å²) in [4.78, 5) is 11.4. The zero-order valence-electron chi connectivity index (χ0n) is 20.6. The van der Waals surface area contributed by atoms with Gasteiger partial charge in [-0.15, -0.1) is 0 Å². The van der Waals surface area contributed by atoms with E-state index in [1.54, 1.807) is 11.1 Å². The monoisotopic (exact) mass is 422 g/mol. The lowest BCUT2D eigenvalue weighted by Crippen LogP contribution is -2.40. The molecule has 170 valence electrons. The van der Waals surface area contributed by atoms with Gasteiger partial charge in [0.15, 0.2) is 0 Å². The molecule has 4 rings (SSSR count). The molecule has 4 aliphatic carbocycles. The Morgan fingerprint density at radius 3 is 2.61 bits per heavy atom. The van der Waals surface area contributed by atoms with Crippen LogP contribution in [0.15, 0.2) is 46.8 Å². The number of hydrogen-bond acceptors (Lipinski definition) is 2. The molecular formula is C29H42O2. The molecule has 0 aromatic rings. The summed E-state index contributed by atoms with van der Waals surface area (Å²) in [5.41, 5.74) is 5.27. The van der Waals surface area contributed by atoms with E-state index in [9.17, 15) is 4.79 Å². The third kappa shape index (κ3) is 4.00. The van der Waals surface area contributed by atoms with E-state index in [4.69, 9.17) is 4.74 Å². The van der Waals surface area contributed by atoms with Crippen LogP contribution in [-0.4, -0.2) is 5.97 Å². The normalized spacial score (nSPS) is 35.2. The lowest BCUT2D eigenvalue weighted by molar-refractivity contribution is -0.136. The number of carbonyl (C=O) groups is 1. The van der Waals surface area contributed by atoms with Crippen LogP contribution in [0.3, 0.4) is 0 Å². The molecule has 0 saturated heterocycles. The van der Waals surface area contributed by atoms with Gasteiger partial charge in [-0.3, -0.25) is 4.79 Å². The summed E-state index contributed by atoms with van der Waals surface area (Å²) >= 11 is 0. The minimum atomic E-state index is -0.234. The largest absolute Gasteiger partial charge is 0.427 e. The first-order valence-corrected chi connectivity index (χ1v) is 12.7. The molecule has 0 aromatic heterocycles. The fourth-order valence-electron chi connectivity index (χ4n) is 7.39. The summed E-state index contributed by atoms with van der Waals surface area (Å²) in [6, 6.07) is 0. The molecule has 1 saturated carbocycles. The average Bonchev–Trinajstić information content (AvgIpc) is 3.05. The number of allylic oxidation sites excluding steroid dienone is 7. The third-order valence-electron chi connectivity index (χ3n) is 9.17. The van der Waals surface area contributed by atoms with Crippen molar-refractivity contribution in [2.24, 2.45) is 34.5 Å². The number of fused-ring (bicyclic) bond motifs is 4. The second-order valence-corrected chi connectivity index (χ2v) is 11.6. The standard InChI is InChI=1S/C29H42O2/c1-19(2)8-7-9-20(3)25-12-13-26-24-11-10-22-18-23(31-21(4)30)14-16-28(22,5)27(24)15-17-29(25,26)6/h10-11,14,18-20,25,27H,7-9,12-13,15-17H2,1-6H3/t20-,25-,27?,28+,29-/m1/s1. The van der Waals surface area contributed by atoms with Crippen LogP contribution in [0.25, 0.3) is 0 Å². The van der Waals surface area contributed by atoms with Crippen molar-refractivity contribution in [1.82, 2.24) is 0 Å². The van der Waals surface area contributed by atoms with Crippen LogP contribution in [0.1, 0.15) is 92.9 Å². The van der Waals surface area contributed by atoms with Gasteiger partial charge in [-0.25, -0.2) is 0 Å². The van der Waals surface area contributed by atoms with Gasteiger partial charge in [-0.1, -0.05) is 71.6 Å². The van der Waals surface area contributed by atoms with Crippen molar-refractivity contribution in [2.75, 3.05) is 0 Å². The molecule has 0 aliphatic heterocycles. The number of rotatable bonds is 6. The van der Waals surface area contributed by atoms with Gasteiger partial charge in [0.05, 0.1) is 0 Å². The van der Waals surface area contributed by atoms with Crippen molar-refractivity contribution in [3.8, 4) is 0 Å². The highest BCUT2D eigenvalue weighted by Gasteiger charge is 2.52. The minimum Gasteiger partial charge on any atom is -0.427 e. The van der Waals surface area contributed by atoms with Crippen molar-refractivity contribution in [3.63, 3.8) is 0 Å². The van der Waals surface area contributed by atoms with Crippen LogP contribution in [0.4, 0.5) is 0 Å². The van der Waals surface area contributed by atoms with Crippen molar-refractivity contribution in [2.45, 2.75) is 92.9 Å². The molecule has 5 atom stereocenters. The van der Waals surface area contributed by atoms with Crippen LogP contribution in [0.5, 0.6) is 0 Å². The molecule has 0 amide bonds. The third-order valence-corrected chi connectivity index (χ3v) is 9.17. The molecule has 4 aliphatic rings. The Morgan fingerprint density at radius 1 is 1.13 bits per heavy atom. The zero-order valence-corrected chi connectivity index (χ0v) is 20.6. The summed E-state index contributed by atoms with van der Waals surface area (Å²) in [6.07, 6.45) is 19.3. The van der Waals surface area contributed by atoms with Crippen molar-refractivity contribution in [1.29, 1.82) is 0 Å². The molecule has 0 bridgehead atoms. The molecule has 1 fully saturated rings. The highest BCUT2D eigenvalue weighted by atomic mass is 16.5. The van der Waals surface area contributed by atoms with E-state index < -0.39 is 0 Å². The summed E-state index contributed by atoms with van der Waals surface area (Å²) in [5, 5.41) is 0. The smallest absolute Gasteiger partial charge is 0.308 e. The molecule has 0 spiro atoms. The molecule has 2 nitrogen and oxygen atoms in total. The lowest BCUT2D eigenvalue weighted by Gasteiger charge is -2.50. The average molecular weight is 423 g/mol. The number of esters is 1. The fraction of sp³-hybridized carbons (Fsp3) is 0.690. The predicted molar refractivity (Wildman–Crippen MR) is 128 cm³/mol. The summed E-state index contributed by atoms with van der Waals surface area (Å²) < 4.78 is 5.39. The summed E-state index contributed by atoms with van der Waals surface area (Å²) in [6.45, 7) is 13.7. The Morgan fingerprint density at radius 2 is 1.90 bits per heavy atom. The first-order chi connectivity index (χ1) is 14.6. The van der Waals surface area contributed by atoms with Crippen molar-refractivity contribution < 1.29 is 9.53 Å². The van der Waals surface area contributed by atoms with Crippen molar-refractivity contribution in [3.05, 3.63) is 46.8 Å². The van der Waals surface area contributed by atoms with Crippen molar-refractivity contribution >= 4 is 5.97 Å². The maximum atomic E-state index is 11.4. The Labute approximate surface area is 189 Å². The molecule has 2 heteroatoms. The van der Waals surface area contributed by atoms with Crippen LogP contribution < -0.4 is 0 Å². The van der Waals surface area contributed by atoms with Crippen LogP contribution in [0.2, 0.25) is 0 Å².